The average molecular weight is 287 g/mol. The third kappa shape index (κ3) is 2.47. The fourth-order valence-electron chi connectivity index (χ4n) is 2.08. The first kappa shape index (κ1) is 11.7. The minimum absolute atomic E-state index is 0.0630. The Kier molecular flexibility index (Phi) is 3.66. The first-order chi connectivity index (χ1) is 7.70. The van der Waals surface area contributed by atoms with E-state index in [1.54, 1.807) is 6.07 Å². The lowest BCUT2D eigenvalue weighted by Crippen LogP contribution is -2.30. The van der Waals surface area contributed by atoms with Crippen LogP contribution in [0.1, 0.15) is 16.8 Å². The van der Waals surface area contributed by atoms with Crippen molar-refractivity contribution in [2.45, 2.75) is 6.42 Å². The highest BCUT2D eigenvalue weighted by molar-refractivity contribution is 9.10. The van der Waals surface area contributed by atoms with Crippen molar-refractivity contribution in [3.63, 3.8) is 0 Å². The molecular formula is C11H15BrN2O2. The molecule has 1 aromatic rings. The highest BCUT2D eigenvalue weighted by atomic mass is 79.9. The summed E-state index contributed by atoms with van der Waals surface area (Å²) in [5.74, 6) is 0.636. The van der Waals surface area contributed by atoms with Gasteiger partial charge in [-0.1, -0.05) is 0 Å². The van der Waals surface area contributed by atoms with E-state index < -0.39 is 0 Å². The highest BCUT2D eigenvalue weighted by Gasteiger charge is 2.27. The maximum absolute atomic E-state index is 12.0. The molecule has 5 heteroatoms. The van der Waals surface area contributed by atoms with Crippen LogP contribution in [0.2, 0.25) is 0 Å². The SMILES string of the molecule is CNCC1CCN(C(=O)c2coc(Br)c2)C1. The first-order valence-corrected chi connectivity index (χ1v) is 6.18. The molecule has 0 spiro atoms. The number of hydrogen-bond acceptors (Lipinski definition) is 3. The number of hydrogen-bond donors (Lipinski definition) is 1. The van der Waals surface area contributed by atoms with Crippen LogP contribution in [0.15, 0.2) is 21.4 Å². The Bertz CT molecular complexity index is 378. The van der Waals surface area contributed by atoms with Crippen LogP contribution >= 0.6 is 15.9 Å². The van der Waals surface area contributed by atoms with E-state index in [0.717, 1.165) is 26.1 Å². The van der Waals surface area contributed by atoms with Crippen molar-refractivity contribution in [2.75, 3.05) is 26.7 Å². The number of halogens is 1. The minimum Gasteiger partial charge on any atom is -0.457 e. The predicted molar refractivity (Wildman–Crippen MR) is 64.3 cm³/mol. The molecule has 2 rings (SSSR count). The van der Waals surface area contributed by atoms with Crippen LogP contribution in [0, 0.1) is 5.92 Å². The molecule has 1 aliphatic heterocycles. The molecule has 88 valence electrons. The maximum atomic E-state index is 12.0. The lowest BCUT2D eigenvalue weighted by atomic mass is 10.1. The van der Waals surface area contributed by atoms with Crippen LogP contribution in [0.4, 0.5) is 0 Å². The van der Waals surface area contributed by atoms with Crippen LogP contribution in [0.3, 0.4) is 0 Å². The van der Waals surface area contributed by atoms with Crippen molar-refractivity contribution in [1.29, 1.82) is 0 Å². The Balaban J connectivity index is 1.97. The zero-order valence-corrected chi connectivity index (χ0v) is 10.8. The molecule has 1 fully saturated rings. The Morgan fingerprint density at radius 2 is 2.56 bits per heavy atom. The second kappa shape index (κ2) is 5.01. The summed E-state index contributed by atoms with van der Waals surface area (Å²) < 4.78 is 5.68. The molecule has 0 aliphatic carbocycles. The summed E-state index contributed by atoms with van der Waals surface area (Å²) in [5, 5.41) is 3.15. The van der Waals surface area contributed by atoms with Gasteiger partial charge in [0, 0.05) is 19.2 Å². The van der Waals surface area contributed by atoms with Gasteiger partial charge in [0.1, 0.15) is 6.26 Å². The number of amides is 1. The third-order valence-corrected chi connectivity index (χ3v) is 3.30. The molecule has 0 radical (unpaired) electrons. The van der Waals surface area contributed by atoms with E-state index in [2.05, 4.69) is 21.2 Å². The molecule has 1 saturated heterocycles. The number of nitrogens with one attached hydrogen (secondary N) is 1. The van der Waals surface area contributed by atoms with E-state index in [1.165, 1.54) is 6.26 Å². The van der Waals surface area contributed by atoms with E-state index in [4.69, 9.17) is 4.42 Å². The lowest BCUT2D eigenvalue weighted by Gasteiger charge is -2.15. The van der Waals surface area contributed by atoms with Gasteiger partial charge in [-0.25, -0.2) is 0 Å². The van der Waals surface area contributed by atoms with Crippen molar-refractivity contribution >= 4 is 21.8 Å². The summed E-state index contributed by atoms with van der Waals surface area (Å²) in [6.45, 7) is 2.65. The number of rotatable bonds is 3. The van der Waals surface area contributed by atoms with Crippen molar-refractivity contribution in [1.82, 2.24) is 10.2 Å². The van der Waals surface area contributed by atoms with Crippen LogP contribution in [-0.2, 0) is 0 Å². The van der Waals surface area contributed by atoms with E-state index >= 15 is 0 Å². The zero-order valence-electron chi connectivity index (χ0n) is 9.20. The predicted octanol–water partition coefficient (Wildman–Crippen LogP) is 1.72. The fraction of sp³-hybridized carbons (Fsp3) is 0.545. The Hall–Kier alpha value is -0.810. The van der Waals surface area contributed by atoms with Crippen LogP contribution in [0.5, 0.6) is 0 Å². The van der Waals surface area contributed by atoms with Gasteiger partial charge in [-0.05, 0) is 41.9 Å². The summed E-state index contributed by atoms with van der Waals surface area (Å²) in [6, 6.07) is 1.72. The van der Waals surface area contributed by atoms with Crippen molar-refractivity contribution < 1.29 is 9.21 Å². The van der Waals surface area contributed by atoms with Crippen molar-refractivity contribution in [2.24, 2.45) is 5.92 Å². The van der Waals surface area contributed by atoms with Gasteiger partial charge in [-0.2, -0.15) is 0 Å². The molecule has 1 atom stereocenters. The molecule has 0 bridgehead atoms. The standard InChI is InChI=1S/C11H15BrN2O2/c1-13-5-8-2-3-14(6-8)11(15)9-4-10(12)16-7-9/h4,7-8,13H,2-3,5-6H2,1H3. The Morgan fingerprint density at radius 1 is 1.75 bits per heavy atom. The lowest BCUT2D eigenvalue weighted by molar-refractivity contribution is 0.0786. The molecule has 16 heavy (non-hydrogen) atoms. The van der Waals surface area contributed by atoms with Gasteiger partial charge in [-0.15, -0.1) is 0 Å². The van der Waals surface area contributed by atoms with E-state index in [1.807, 2.05) is 11.9 Å². The summed E-state index contributed by atoms with van der Waals surface area (Å²) in [4.78, 5) is 13.9. The number of carbonyl (C=O) groups excluding carboxylic acids is 1. The molecule has 1 aliphatic rings. The van der Waals surface area contributed by atoms with E-state index in [-0.39, 0.29) is 5.91 Å². The quantitative estimate of drug-likeness (QED) is 0.920. The summed E-state index contributed by atoms with van der Waals surface area (Å²) in [5.41, 5.74) is 0.622. The first-order valence-electron chi connectivity index (χ1n) is 5.38. The van der Waals surface area contributed by atoms with Gasteiger partial charge in [0.15, 0.2) is 4.67 Å². The molecule has 0 aromatic carbocycles. The largest absolute Gasteiger partial charge is 0.457 e. The van der Waals surface area contributed by atoms with Crippen LogP contribution in [0.25, 0.3) is 0 Å². The zero-order chi connectivity index (χ0) is 11.5. The summed E-state index contributed by atoms with van der Waals surface area (Å²) in [7, 11) is 1.94. The van der Waals surface area contributed by atoms with Gasteiger partial charge >= 0.3 is 0 Å². The van der Waals surface area contributed by atoms with Crippen LogP contribution in [-0.4, -0.2) is 37.5 Å². The van der Waals surface area contributed by atoms with Gasteiger partial charge < -0.3 is 14.6 Å². The van der Waals surface area contributed by atoms with E-state index in [9.17, 15) is 4.79 Å². The highest BCUT2D eigenvalue weighted by Crippen LogP contribution is 2.20. The van der Waals surface area contributed by atoms with Crippen LogP contribution < -0.4 is 5.32 Å². The molecular weight excluding hydrogens is 272 g/mol. The topological polar surface area (TPSA) is 45.5 Å². The molecule has 0 saturated carbocycles. The third-order valence-electron chi connectivity index (χ3n) is 2.88. The van der Waals surface area contributed by atoms with Crippen molar-refractivity contribution in [3.8, 4) is 0 Å². The van der Waals surface area contributed by atoms with Gasteiger partial charge in [0.05, 0.1) is 5.56 Å². The fourth-order valence-corrected chi connectivity index (χ4v) is 2.42. The minimum atomic E-state index is 0.0630. The molecule has 4 nitrogen and oxygen atoms in total. The smallest absolute Gasteiger partial charge is 0.257 e. The van der Waals surface area contributed by atoms with Gasteiger partial charge in [0.2, 0.25) is 0 Å². The molecule has 1 amide bonds. The van der Waals surface area contributed by atoms with E-state index in [0.29, 0.717) is 16.2 Å². The maximum Gasteiger partial charge on any atom is 0.257 e. The number of furan rings is 1. The summed E-state index contributed by atoms with van der Waals surface area (Å²) in [6.07, 6.45) is 2.57. The molecule has 1 N–H and O–H groups in total. The molecule has 1 aromatic heterocycles. The Morgan fingerprint density at radius 3 is 3.19 bits per heavy atom. The van der Waals surface area contributed by atoms with Crippen molar-refractivity contribution in [3.05, 3.63) is 22.6 Å². The molecule has 2 heterocycles. The molecule has 1 unspecified atom stereocenters. The summed E-state index contributed by atoms with van der Waals surface area (Å²) >= 11 is 3.20. The second-order valence-corrected chi connectivity index (χ2v) is 4.88. The average Bonchev–Trinajstić information content (AvgIpc) is 2.87. The number of likely N-dealkylation sites (tertiary alicyclic amines) is 1. The second-order valence-electron chi connectivity index (χ2n) is 4.10. The van der Waals surface area contributed by atoms with Gasteiger partial charge in [0.25, 0.3) is 5.91 Å². The Labute approximate surface area is 103 Å². The number of nitrogens with zero attached hydrogens (tertiary/aromatic N) is 1. The normalized spacial score (nSPS) is 20.4. The monoisotopic (exact) mass is 286 g/mol. The van der Waals surface area contributed by atoms with Gasteiger partial charge in [-0.3, -0.25) is 4.79 Å². The number of carbonyl (C=O) groups is 1.